The number of carbonyl (C=O) groups is 2. The fraction of sp³-hybridized carbons (Fsp3) is 0.429. The molecular weight excluding hydrogens is 247 g/mol. The third-order valence-corrected chi connectivity index (χ3v) is 2.57. The minimum Gasteiger partial charge on any atom is -0.355 e. The topological polar surface area (TPSA) is 58.2 Å². The van der Waals surface area contributed by atoms with Crippen molar-refractivity contribution >= 4 is 11.8 Å². The monoisotopic (exact) mass is 266 g/mol. The van der Waals surface area contributed by atoms with Gasteiger partial charge in [-0.1, -0.05) is 26.0 Å². The van der Waals surface area contributed by atoms with Crippen LogP contribution in [0.2, 0.25) is 0 Å². The quantitative estimate of drug-likeness (QED) is 0.823. The Hall–Kier alpha value is -1.91. The van der Waals surface area contributed by atoms with Gasteiger partial charge >= 0.3 is 0 Å². The summed E-state index contributed by atoms with van der Waals surface area (Å²) in [7, 11) is 0. The fourth-order valence-corrected chi connectivity index (χ4v) is 1.46. The Bertz CT molecular complexity index is 447. The van der Waals surface area contributed by atoms with Gasteiger partial charge in [0.15, 0.2) is 0 Å². The Balaban J connectivity index is 2.34. The number of carbonyl (C=O) groups excluding carboxylic acids is 2. The van der Waals surface area contributed by atoms with Gasteiger partial charge in [-0.15, -0.1) is 0 Å². The van der Waals surface area contributed by atoms with Crippen LogP contribution >= 0.6 is 0 Å². The minimum absolute atomic E-state index is 0.0579. The molecule has 1 aromatic rings. The molecule has 19 heavy (non-hydrogen) atoms. The summed E-state index contributed by atoms with van der Waals surface area (Å²) < 4.78 is 13.3. The van der Waals surface area contributed by atoms with Crippen LogP contribution in [-0.2, 0) is 4.79 Å². The van der Waals surface area contributed by atoms with Crippen LogP contribution in [0.3, 0.4) is 0 Å². The molecule has 1 rings (SSSR count). The number of rotatable bonds is 6. The lowest BCUT2D eigenvalue weighted by Crippen LogP contribution is -2.37. The molecule has 0 saturated carbocycles. The summed E-state index contributed by atoms with van der Waals surface area (Å²) in [6, 6.07) is 5.66. The fourth-order valence-electron chi connectivity index (χ4n) is 1.46. The normalized spacial score (nSPS) is 10.3. The third-order valence-electron chi connectivity index (χ3n) is 2.57. The first-order valence-corrected chi connectivity index (χ1v) is 6.30. The summed E-state index contributed by atoms with van der Waals surface area (Å²) in [5, 5.41) is 5.07. The molecule has 0 fully saturated rings. The van der Waals surface area contributed by atoms with Crippen molar-refractivity contribution in [3.63, 3.8) is 0 Å². The van der Waals surface area contributed by atoms with Gasteiger partial charge in [-0.2, -0.15) is 0 Å². The highest BCUT2D eigenvalue weighted by Gasteiger charge is 2.11. The van der Waals surface area contributed by atoms with Crippen molar-refractivity contribution < 1.29 is 14.0 Å². The maximum atomic E-state index is 13.3. The molecular formula is C14H19FN2O2. The SMILES string of the molecule is CC(C)CCNC(=O)CNC(=O)c1ccccc1F. The van der Waals surface area contributed by atoms with Crippen molar-refractivity contribution in [2.45, 2.75) is 20.3 Å². The Morgan fingerprint density at radius 1 is 1.21 bits per heavy atom. The predicted octanol–water partition coefficient (Wildman–Crippen LogP) is 1.72. The Labute approximate surface area is 112 Å². The van der Waals surface area contributed by atoms with Gasteiger partial charge in [-0.25, -0.2) is 4.39 Å². The summed E-state index contributed by atoms with van der Waals surface area (Å²) in [4.78, 5) is 23.0. The van der Waals surface area contributed by atoms with Gasteiger partial charge in [0.05, 0.1) is 12.1 Å². The van der Waals surface area contributed by atoms with E-state index in [2.05, 4.69) is 24.5 Å². The van der Waals surface area contributed by atoms with E-state index in [-0.39, 0.29) is 18.0 Å². The van der Waals surface area contributed by atoms with Crippen molar-refractivity contribution in [2.75, 3.05) is 13.1 Å². The predicted molar refractivity (Wildman–Crippen MR) is 71.2 cm³/mol. The van der Waals surface area contributed by atoms with Crippen molar-refractivity contribution in [1.29, 1.82) is 0 Å². The molecule has 2 amide bonds. The van der Waals surface area contributed by atoms with Gasteiger partial charge in [-0.3, -0.25) is 9.59 Å². The number of hydrogen-bond donors (Lipinski definition) is 2. The number of hydrogen-bond acceptors (Lipinski definition) is 2. The maximum absolute atomic E-state index is 13.3. The Morgan fingerprint density at radius 3 is 2.53 bits per heavy atom. The average molecular weight is 266 g/mol. The van der Waals surface area contributed by atoms with Crippen LogP contribution in [0.4, 0.5) is 4.39 Å². The first-order valence-electron chi connectivity index (χ1n) is 6.30. The van der Waals surface area contributed by atoms with Crippen molar-refractivity contribution in [2.24, 2.45) is 5.92 Å². The standard InChI is InChI=1S/C14H19FN2O2/c1-10(2)7-8-16-13(18)9-17-14(19)11-5-3-4-6-12(11)15/h3-6,10H,7-9H2,1-2H3,(H,16,18)(H,17,19). The van der Waals surface area contributed by atoms with Crippen LogP contribution < -0.4 is 10.6 Å². The smallest absolute Gasteiger partial charge is 0.254 e. The van der Waals surface area contributed by atoms with Gasteiger partial charge in [0, 0.05) is 6.54 Å². The van der Waals surface area contributed by atoms with Crippen LogP contribution in [0, 0.1) is 11.7 Å². The highest BCUT2D eigenvalue weighted by atomic mass is 19.1. The van der Waals surface area contributed by atoms with E-state index in [0.717, 1.165) is 6.42 Å². The number of halogens is 1. The van der Waals surface area contributed by atoms with E-state index in [1.165, 1.54) is 18.2 Å². The van der Waals surface area contributed by atoms with Gasteiger partial charge in [0.2, 0.25) is 5.91 Å². The van der Waals surface area contributed by atoms with Crippen LogP contribution in [0.5, 0.6) is 0 Å². The zero-order chi connectivity index (χ0) is 14.3. The molecule has 104 valence electrons. The van der Waals surface area contributed by atoms with E-state index in [9.17, 15) is 14.0 Å². The molecule has 0 aromatic heterocycles. The van der Waals surface area contributed by atoms with Crippen LogP contribution in [0.1, 0.15) is 30.6 Å². The molecule has 0 atom stereocenters. The molecule has 5 heteroatoms. The lowest BCUT2D eigenvalue weighted by molar-refractivity contribution is -0.120. The van der Waals surface area contributed by atoms with E-state index < -0.39 is 11.7 Å². The highest BCUT2D eigenvalue weighted by molar-refractivity contribution is 5.96. The maximum Gasteiger partial charge on any atom is 0.254 e. The van der Waals surface area contributed by atoms with Crippen molar-refractivity contribution in [1.82, 2.24) is 10.6 Å². The summed E-state index contributed by atoms with van der Waals surface area (Å²) in [6.45, 7) is 4.55. The largest absolute Gasteiger partial charge is 0.355 e. The molecule has 0 spiro atoms. The molecule has 2 N–H and O–H groups in total. The van der Waals surface area contributed by atoms with Gasteiger partial charge in [-0.05, 0) is 24.5 Å². The molecule has 1 aromatic carbocycles. The lowest BCUT2D eigenvalue weighted by Gasteiger charge is -2.08. The second kappa shape index (κ2) is 7.51. The van der Waals surface area contributed by atoms with Crippen LogP contribution in [0.25, 0.3) is 0 Å². The van der Waals surface area contributed by atoms with Gasteiger partial charge in [0.25, 0.3) is 5.91 Å². The summed E-state index contributed by atoms with van der Waals surface area (Å²) in [6.07, 6.45) is 0.882. The highest BCUT2D eigenvalue weighted by Crippen LogP contribution is 2.05. The molecule has 0 unspecified atom stereocenters. The second-order valence-corrected chi connectivity index (χ2v) is 4.69. The minimum atomic E-state index is -0.597. The molecule has 0 heterocycles. The van der Waals surface area contributed by atoms with E-state index in [1.807, 2.05) is 0 Å². The Kier molecular flexibility index (Phi) is 5.99. The third kappa shape index (κ3) is 5.50. The number of amides is 2. The van der Waals surface area contributed by atoms with E-state index >= 15 is 0 Å². The number of nitrogens with one attached hydrogen (secondary N) is 2. The summed E-state index contributed by atoms with van der Waals surface area (Å²) in [5.74, 6) is -0.948. The summed E-state index contributed by atoms with van der Waals surface area (Å²) in [5.41, 5.74) is -0.0579. The molecule has 0 saturated heterocycles. The zero-order valence-electron chi connectivity index (χ0n) is 11.2. The van der Waals surface area contributed by atoms with Crippen molar-refractivity contribution in [3.8, 4) is 0 Å². The van der Waals surface area contributed by atoms with E-state index in [4.69, 9.17) is 0 Å². The Morgan fingerprint density at radius 2 is 1.89 bits per heavy atom. The molecule has 0 aliphatic heterocycles. The zero-order valence-corrected chi connectivity index (χ0v) is 11.2. The molecule has 0 aliphatic rings. The first-order chi connectivity index (χ1) is 9.00. The molecule has 0 aliphatic carbocycles. The molecule has 0 bridgehead atoms. The van der Waals surface area contributed by atoms with Gasteiger partial charge in [0.1, 0.15) is 5.82 Å². The van der Waals surface area contributed by atoms with E-state index in [0.29, 0.717) is 12.5 Å². The van der Waals surface area contributed by atoms with Crippen LogP contribution in [-0.4, -0.2) is 24.9 Å². The second-order valence-electron chi connectivity index (χ2n) is 4.69. The number of benzene rings is 1. The van der Waals surface area contributed by atoms with Crippen molar-refractivity contribution in [3.05, 3.63) is 35.6 Å². The summed E-state index contributed by atoms with van der Waals surface area (Å²) >= 11 is 0. The molecule has 0 radical (unpaired) electrons. The first kappa shape index (κ1) is 15.1. The van der Waals surface area contributed by atoms with E-state index in [1.54, 1.807) is 6.07 Å². The average Bonchev–Trinajstić information content (AvgIpc) is 2.36. The van der Waals surface area contributed by atoms with Crippen LogP contribution in [0.15, 0.2) is 24.3 Å². The lowest BCUT2D eigenvalue weighted by atomic mass is 10.1. The molecule has 4 nitrogen and oxygen atoms in total. The van der Waals surface area contributed by atoms with Gasteiger partial charge < -0.3 is 10.6 Å².